The van der Waals surface area contributed by atoms with Crippen molar-refractivity contribution in [3.8, 4) is 0 Å². The molecule has 4 atom stereocenters. The number of carbonyl (C=O) groups is 1. The van der Waals surface area contributed by atoms with Crippen LogP contribution in [0.2, 0.25) is 0 Å². The normalized spacial score (nSPS) is 40.0. The number of hydrogen-bond acceptors (Lipinski definition) is 5. The van der Waals surface area contributed by atoms with Crippen molar-refractivity contribution in [2.45, 2.75) is 44.9 Å². The predicted octanol–water partition coefficient (Wildman–Crippen LogP) is -0.594. The molecule has 0 aromatic rings. The Hall–Kier alpha value is -0.650. The lowest BCUT2D eigenvalue weighted by Crippen LogP contribution is -2.47. The van der Waals surface area contributed by atoms with E-state index in [1.54, 1.807) is 6.92 Å². The largest absolute Gasteiger partial charge is 0.460 e. The van der Waals surface area contributed by atoms with Crippen LogP contribution < -0.4 is 0 Å². The Labute approximate surface area is 76.3 Å². The van der Waals surface area contributed by atoms with Gasteiger partial charge in [0.1, 0.15) is 12.2 Å². The molecule has 1 saturated heterocycles. The molecule has 1 aliphatic rings. The zero-order valence-corrected chi connectivity index (χ0v) is 7.64. The molecule has 1 fully saturated rings. The van der Waals surface area contributed by atoms with Gasteiger partial charge in [0.15, 0.2) is 6.29 Å². The summed E-state index contributed by atoms with van der Waals surface area (Å²) in [6.07, 6.45) is -2.82. The van der Waals surface area contributed by atoms with Gasteiger partial charge in [-0.3, -0.25) is 4.79 Å². The van der Waals surface area contributed by atoms with E-state index in [-0.39, 0.29) is 12.5 Å². The predicted molar refractivity (Wildman–Crippen MR) is 42.7 cm³/mol. The first-order chi connectivity index (χ1) is 6.00. The molecule has 1 rings (SSSR count). The summed E-state index contributed by atoms with van der Waals surface area (Å²) >= 11 is 0. The number of ether oxygens (including phenoxy) is 2. The SMILES string of the molecule is CC(=O)O[C@@H]1C[C@H](O)C(O)O[C@H]1C. The summed E-state index contributed by atoms with van der Waals surface area (Å²) in [7, 11) is 0. The minimum absolute atomic E-state index is 0.210. The van der Waals surface area contributed by atoms with Crippen LogP contribution in [-0.2, 0) is 14.3 Å². The van der Waals surface area contributed by atoms with Gasteiger partial charge >= 0.3 is 5.97 Å². The fourth-order valence-corrected chi connectivity index (χ4v) is 1.30. The zero-order valence-electron chi connectivity index (χ0n) is 7.64. The first-order valence-corrected chi connectivity index (χ1v) is 4.19. The highest BCUT2D eigenvalue weighted by Crippen LogP contribution is 2.21. The number of hydrogen-bond donors (Lipinski definition) is 2. The van der Waals surface area contributed by atoms with Crippen molar-refractivity contribution in [2.75, 3.05) is 0 Å². The Morgan fingerprint density at radius 2 is 2.15 bits per heavy atom. The molecule has 2 N–H and O–H groups in total. The molecule has 1 aliphatic heterocycles. The molecule has 0 aromatic heterocycles. The maximum absolute atomic E-state index is 10.6. The Kier molecular flexibility index (Phi) is 3.24. The second-order valence-electron chi connectivity index (χ2n) is 3.18. The fourth-order valence-electron chi connectivity index (χ4n) is 1.30. The van der Waals surface area contributed by atoms with Gasteiger partial charge in [-0.05, 0) is 6.92 Å². The van der Waals surface area contributed by atoms with E-state index in [1.807, 2.05) is 0 Å². The third-order valence-corrected chi connectivity index (χ3v) is 2.00. The van der Waals surface area contributed by atoms with Crippen molar-refractivity contribution >= 4 is 5.97 Å². The average Bonchev–Trinajstić information content (AvgIpc) is 1.99. The molecule has 76 valence electrons. The Bertz CT molecular complexity index is 193. The van der Waals surface area contributed by atoms with E-state index < -0.39 is 24.5 Å². The van der Waals surface area contributed by atoms with Gasteiger partial charge in [-0.15, -0.1) is 0 Å². The first-order valence-electron chi connectivity index (χ1n) is 4.19. The summed E-state index contributed by atoms with van der Waals surface area (Å²) in [6, 6.07) is 0. The minimum atomic E-state index is -1.18. The van der Waals surface area contributed by atoms with Gasteiger partial charge < -0.3 is 19.7 Å². The lowest BCUT2D eigenvalue weighted by Gasteiger charge is -2.34. The second-order valence-corrected chi connectivity index (χ2v) is 3.18. The van der Waals surface area contributed by atoms with Gasteiger partial charge in [-0.25, -0.2) is 0 Å². The highest BCUT2D eigenvalue weighted by Gasteiger charge is 2.35. The smallest absolute Gasteiger partial charge is 0.302 e. The number of carbonyl (C=O) groups excluding carboxylic acids is 1. The van der Waals surface area contributed by atoms with Gasteiger partial charge in [0, 0.05) is 13.3 Å². The third-order valence-electron chi connectivity index (χ3n) is 2.00. The van der Waals surface area contributed by atoms with Gasteiger partial charge in [0.25, 0.3) is 0 Å². The molecule has 0 aliphatic carbocycles. The maximum Gasteiger partial charge on any atom is 0.302 e. The topological polar surface area (TPSA) is 76.0 Å². The standard InChI is InChI=1S/C8H14O5/c1-4-7(13-5(2)9)3-6(10)8(11)12-4/h4,6-8,10-11H,3H2,1-2H3/t4-,6-,7+,8?/m0/s1. The van der Waals surface area contributed by atoms with Crippen LogP contribution in [0.5, 0.6) is 0 Å². The molecule has 1 unspecified atom stereocenters. The molecule has 0 radical (unpaired) electrons. The van der Waals surface area contributed by atoms with Gasteiger partial charge in [-0.1, -0.05) is 0 Å². The molecule has 0 bridgehead atoms. The van der Waals surface area contributed by atoms with Crippen molar-refractivity contribution in [3.05, 3.63) is 0 Å². The number of esters is 1. The van der Waals surface area contributed by atoms with Crippen molar-refractivity contribution in [2.24, 2.45) is 0 Å². The van der Waals surface area contributed by atoms with Crippen LogP contribution in [0.25, 0.3) is 0 Å². The zero-order chi connectivity index (χ0) is 10.0. The fraction of sp³-hybridized carbons (Fsp3) is 0.875. The van der Waals surface area contributed by atoms with E-state index in [9.17, 15) is 9.90 Å². The average molecular weight is 190 g/mol. The first kappa shape index (κ1) is 10.4. The second kappa shape index (κ2) is 4.04. The minimum Gasteiger partial charge on any atom is -0.460 e. The summed E-state index contributed by atoms with van der Waals surface area (Å²) in [6.45, 7) is 2.98. The van der Waals surface area contributed by atoms with Crippen LogP contribution in [0.3, 0.4) is 0 Å². The summed E-state index contributed by atoms with van der Waals surface area (Å²) in [5.41, 5.74) is 0. The summed E-state index contributed by atoms with van der Waals surface area (Å²) < 4.78 is 9.83. The lowest BCUT2D eigenvalue weighted by atomic mass is 10.0. The van der Waals surface area contributed by atoms with Crippen LogP contribution in [0.15, 0.2) is 0 Å². The lowest BCUT2D eigenvalue weighted by molar-refractivity contribution is -0.245. The van der Waals surface area contributed by atoms with Crippen molar-refractivity contribution in [3.63, 3.8) is 0 Å². The van der Waals surface area contributed by atoms with E-state index in [1.165, 1.54) is 6.92 Å². The molecule has 0 spiro atoms. The maximum atomic E-state index is 10.6. The number of rotatable bonds is 1. The van der Waals surface area contributed by atoms with E-state index in [0.717, 1.165) is 0 Å². The highest BCUT2D eigenvalue weighted by atomic mass is 16.6. The molecule has 13 heavy (non-hydrogen) atoms. The quantitative estimate of drug-likeness (QED) is 0.540. The Morgan fingerprint density at radius 1 is 1.54 bits per heavy atom. The molecule has 0 amide bonds. The molecule has 5 heteroatoms. The van der Waals surface area contributed by atoms with Gasteiger partial charge in [0.2, 0.25) is 0 Å². The van der Waals surface area contributed by atoms with Crippen molar-refractivity contribution in [1.29, 1.82) is 0 Å². The van der Waals surface area contributed by atoms with Crippen LogP contribution in [0.4, 0.5) is 0 Å². The monoisotopic (exact) mass is 190 g/mol. The summed E-state index contributed by atoms with van der Waals surface area (Å²) in [5, 5.41) is 18.3. The molecular weight excluding hydrogens is 176 g/mol. The molecule has 0 aromatic carbocycles. The molecule has 5 nitrogen and oxygen atoms in total. The molecule has 0 saturated carbocycles. The Morgan fingerprint density at radius 3 is 2.69 bits per heavy atom. The van der Waals surface area contributed by atoms with Crippen LogP contribution >= 0.6 is 0 Å². The molecular formula is C8H14O5. The van der Waals surface area contributed by atoms with E-state index in [4.69, 9.17) is 14.6 Å². The summed E-state index contributed by atoms with van der Waals surface area (Å²) in [4.78, 5) is 10.6. The third kappa shape index (κ3) is 2.65. The van der Waals surface area contributed by atoms with Crippen molar-refractivity contribution < 1.29 is 24.5 Å². The van der Waals surface area contributed by atoms with Crippen molar-refractivity contribution in [1.82, 2.24) is 0 Å². The van der Waals surface area contributed by atoms with Crippen LogP contribution in [-0.4, -0.2) is 40.8 Å². The van der Waals surface area contributed by atoms with E-state index in [2.05, 4.69) is 0 Å². The Balaban J connectivity index is 2.51. The van der Waals surface area contributed by atoms with E-state index in [0.29, 0.717) is 0 Å². The number of aliphatic hydroxyl groups excluding tert-OH is 2. The number of aliphatic hydroxyl groups is 2. The summed E-state index contributed by atoms with van der Waals surface area (Å²) in [5.74, 6) is -0.413. The van der Waals surface area contributed by atoms with Gasteiger partial charge in [-0.2, -0.15) is 0 Å². The van der Waals surface area contributed by atoms with Crippen LogP contribution in [0.1, 0.15) is 20.3 Å². The van der Waals surface area contributed by atoms with E-state index >= 15 is 0 Å². The highest BCUT2D eigenvalue weighted by molar-refractivity contribution is 5.66. The van der Waals surface area contributed by atoms with Gasteiger partial charge in [0.05, 0.1) is 6.10 Å². The molecule has 1 heterocycles. The van der Waals surface area contributed by atoms with Crippen LogP contribution in [0, 0.1) is 0 Å².